The first-order valence-electron chi connectivity index (χ1n) is 6.01. The molecule has 0 aliphatic heterocycles. The van der Waals surface area contributed by atoms with Gasteiger partial charge in [-0.2, -0.15) is 5.10 Å². The van der Waals surface area contributed by atoms with Crippen molar-refractivity contribution < 1.29 is 9.72 Å². The van der Waals surface area contributed by atoms with Gasteiger partial charge in [-0.25, -0.2) is 5.43 Å². The van der Waals surface area contributed by atoms with Crippen LogP contribution in [0, 0.1) is 10.1 Å². The molecule has 0 heterocycles. The molecule has 0 aromatic heterocycles. The highest BCUT2D eigenvalue weighted by Crippen LogP contribution is 2.21. The summed E-state index contributed by atoms with van der Waals surface area (Å²) in [5.41, 5.74) is 3.44. The third-order valence-electron chi connectivity index (χ3n) is 2.68. The Kier molecular flexibility index (Phi) is 5.40. The summed E-state index contributed by atoms with van der Waals surface area (Å²) in [6, 6.07) is 11.2. The van der Waals surface area contributed by atoms with Crippen molar-refractivity contribution in [3.63, 3.8) is 0 Å². The Morgan fingerprint density at radius 1 is 1.18 bits per heavy atom. The molecule has 0 radical (unpaired) electrons. The van der Waals surface area contributed by atoms with E-state index in [4.69, 9.17) is 0 Å². The van der Waals surface area contributed by atoms with Crippen LogP contribution < -0.4 is 5.43 Å². The lowest BCUT2D eigenvalue weighted by Gasteiger charge is -2.02. The highest BCUT2D eigenvalue weighted by Gasteiger charge is 2.09. The zero-order chi connectivity index (χ0) is 16.1. The van der Waals surface area contributed by atoms with Gasteiger partial charge in [-0.05, 0) is 50.1 Å². The first-order valence-corrected chi connectivity index (χ1v) is 7.59. The van der Waals surface area contributed by atoms with Gasteiger partial charge >= 0.3 is 0 Å². The number of rotatable bonds is 4. The van der Waals surface area contributed by atoms with E-state index in [0.717, 1.165) is 0 Å². The zero-order valence-electron chi connectivity index (χ0n) is 11.0. The van der Waals surface area contributed by atoms with Gasteiger partial charge in [0.15, 0.2) is 0 Å². The predicted octanol–water partition coefficient (Wildman–Crippen LogP) is 3.88. The lowest BCUT2D eigenvalue weighted by molar-refractivity contribution is -0.384. The van der Waals surface area contributed by atoms with Crippen LogP contribution in [-0.2, 0) is 0 Å². The van der Waals surface area contributed by atoms with E-state index < -0.39 is 4.92 Å². The number of hydrogen-bond acceptors (Lipinski definition) is 4. The van der Waals surface area contributed by atoms with Crippen LogP contribution in [-0.4, -0.2) is 17.0 Å². The fraction of sp³-hybridized carbons (Fsp3) is 0. The van der Waals surface area contributed by atoms with Crippen molar-refractivity contribution in [2.75, 3.05) is 0 Å². The van der Waals surface area contributed by atoms with E-state index in [9.17, 15) is 14.9 Å². The summed E-state index contributed by atoms with van der Waals surface area (Å²) in [4.78, 5) is 22.1. The van der Waals surface area contributed by atoms with Crippen LogP contribution >= 0.6 is 31.9 Å². The van der Waals surface area contributed by atoms with Gasteiger partial charge in [-0.15, -0.1) is 0 Å². The molecule has 0 atom stereocenters. The maximum Gasteiger partial charge on any atom is 0.272 e. The molecule has 0 bridgehead atoms. The van der Waals surface area contributed by atoms with Crippen LogP contribution in [0.4, 0.5) is 5.69 Å². The monoisotopic (exact) mass is 425 g/mol. The van der Waals surface area contributed by atoms with Gasteiger partial charge < -0.3 is 0 Å². The average molecular weight is 427 g/mol. The Labute approximate surface area is 142 Å². The number of non-ortho nitro benzene ring substituents is 1. The molecule has 8 heteroatoms. The van der Waals surface area contributed by atoms with Crippen molar-refractivity contribution in [2.24, 2.45) is 5.10 Å². The number of nitro groups is 1. The third-order valence-corrected chi connectivity index (χ3v) is 4.06. The molecule has 0 fully saturated rings. The van der Waals surface area contributed by atoms with Crippen LogP contribution in [0.15, 0.2) is 56.5 Å². The molecule has 2 aromatic rings. The Morgan fingerprint density at radius 3 is 2.55 bits per heavy atom. The minimum Gasteiger partial charge on any atom is -0.267 e. The molecule has 2 aromatic carbocycles. The number of halogens is 2. The van der Waals surface area contributed by atoms with E-state index in [-0.39, 0.29) is 11.6 Å². The number of carbonyl (C=O) groups excluding carboxylic acids is 1. The highest BCUT2D eigenvalue weighted by atomic mass is 79.9. The maximum atomic E-state index is 11.9. The normalized spacial score (nSPS) is 10.6. The van der Waals surface area contributed by atoms with Gasteiger partial charge in [0.25, 0.3) is 11.6 Å². The van der Waals surface area contributed by atoms with Gasteiger partial charge in [-0.3, -0.25) is 14.9 Å². The standard InChI is InChI=1S/C14H9Br2N3O3/c15-12-4-2-1-3-11(12)14(20)18-17-8-9-5-6-10(19(21)22)7-13(9)16/h1-8H,(H,18,20)/b17-8+. The summed E-state index contributed by atoms with van der Waals surface area (Å²) in [5.74, 6) is -0.359. The van der Waals surface area contributed by atoms with Crippen LogP contribution in [0.3, 0.4) is 0 Å². The third kappa shape index (κ3) is 3.99. The highest BCUT2D eigenvalue weighted by molar-refractivity contribution is 9.10. The van der Waals surface area contributed by atoms with Crippen molar-refractivity contribution in [1.29, 1.82) is 0 Å². The second-order valence-corrected chi connectivity index (χ2v) is 5.85. The molecule has 0 saturated heterocycles. The molecule has 0 spiro atoms. The Balaban J connectivity index is 2.08. The molecular weight excluding hydrogens is 418 g/mol. The molecule has 112 valence electrons. The van der Waals surface area contributed by atoms with Crippen molar-refractivity contribution in [3.8, 4) is 0 Å². The van der Waals surface area contributed by atoms with Crippen LogP contribution in [0.2, 0.25) is 0 Å². The minimum absolute atomic E-state index is 0.0266. The molecule has 22 heavy (non-hydrogen) atoms. The van der Waals surface area contributed by atoms with Crippen molar-refractivity contribution in [3.05, 3.63) is 72.7 Å². The molecule has 1 amide bonds. The molecule has 0 aliphatic carbocycles. The second-order valence-electron chi connectivity index (χ2n) is 4.14. The molecule has 6 nitrogen and oxygen atoms in total. The number of nitro benzene ring substituents is 1. The number of nitrogens with one attached hydrogen (secondary N) is 1. The second kappa shape index (κ2) is 7.28. The molecule has 1 N–H and O–H groups in total. The molecule has 0 aliphatic rings. The summed E-state index contributed by atoms with van der Waals surface area (Å²) < 4.78 is 1.18. The van der Waals surface area contributed by atoms with Crippen LogP contribution in [0.5, 0.6) is 0 Å². The van der Waals surface area contributed by atoms with Crippen LogP contribution in [0.1, 0.15) is 15.9 Å². The first-order chi connectivity index (χ1) is 10.5. The number of nitrogens with zero attached hydrogens (tertiary/aromatic N) is 2. The summed E-state index contributed by atoms with van der Waals surface area (Å²) in [6.07, 6.45) is 1.41. The smallest absolute Gasteiger partial charge is 0.267 e. The van der Waals surface area contributed by atoms with E-state index >= 15 is 0 Å². The molecule has 0 saturated carbocycles. The van der Waals surface area contributed by atoms with E-state index in [1.165, 1.54) is 24.4 Å². The summed E-state index contributed by atoms with van der Waals surface area (Å²) in [7, 11) is 0. The lowest BCUT2D eigenvalue weighted by atomic mass is 10.2. The predicted molar refractivity (Wildman–Crippen MR) is 90.0 cm³/mol. The Hall–Kier alpha value is -2.06. The fourth-order valence-corrected chi connectivity index (χ4v) is 2.53. The SMILES string of the molecule is O=C(N/N=C/c1ccc([N+](=O)[O-])cc1Br)c1ccccc1Br. The molecule has 0 unspecified atom stereocenters. The van der Waals surface area contributed by atoms with Crippen molar-refractivity contribution in [2.45, 2.75) is 0 Å². The van der Waals surface area contributed by atoms with E-state index in [0.29, 0.717) is 20.1 Å². The minimum atomic E-state index is -0.486. The van der Waals surface area contributed by atoms with Gasteiger partial charge in [0.1, 0.15) is 0 Å². The van der Waals surface area contributed by atoms with Crippen molar-refractivity contribution >= 4 is 49.7 Å². The Bertz CT molecular complexity index is 763. The summed E-state index contributed by atoms with van der Waals surface area (Å²) >= 11 is 6.51. The van der Waals surface area contributed by atoms with Gasteiger partial charge in [-0.1, -0.05) is 12.1 Å². The fourth-order valence-electron chi connectivity index (χ4n) is 1.60. The average Bonchev–Trinajstić information content (AvgIpc) is 2.49. The number of carbonyl (C=O) groups is 1. The zero-order valence-corrected chi connectivity index (χ0v) is 14.2. The number of benzene rings is 2. The largest absolute Gasteiger partial charge is 0.272 e. The van der Waals surface area contributed by atoms with Crippen molar-refractivity contribution in [1.82, 2.24) is 5.43 Å². The van der Waals surface area contributed by atoms with E-state index in [2.05, 4.69) is 42.4 Å². The lowest BCUT2D eigenvalue weighted by Crippen LogP contribution is -2.18. The number of amides is 1. The number of hydrogen-bond donors (Lipinski definition) is 1. The quantitative estimate of drug-likeness (QED) is 0.457. The van der Waals surface area contributed by atoms with Gasteiger partial charge in [0.2, 0.25) is 0 Å². The van der Waals surface area contributed by atoms with E-state index in [1.54, 1.807) is 24.3 Å². The summed E-state index contributed by atoms with van der Waals surface area (Å²) in [5, 5.41) is 14.5. The maximum absolute atomic E-state index is 11.9. The number of hydrazone groups is 1. The first kappa shape index (κ1) is 16.3. The molecule has 2 rings (SSSR count). The Morgan fingerprint density at radius 2 is 1.91 bits per heavy atom. The van der Waals surface area contributed by atoms with Crippen LogP contribution in [0.25, 0.3) is 0 Å². The molecular formula is C14H9Br2N3O3. The summed E-state index contributed by atoms with van der Waals surface area (Å²) in [6.45, 7) is 0. The topological polar surface area (TPSA) is 84.6 Å². The van der Waals surface area contributed by atoms with Gasteiger partial charge in [0.05, 0.1) is 16.7 Å². The van der Waals surface area contributed by atoms with Gasteiger partial charge in [0, 0.05) is 26.6 Å². The van der Waals surface area contributed by atoms with E-state index in [1.807, 2.05) is 0 Å².